The number of hydrogen-bond donors (Lipinski definition) is 0. The number of nitrogens with zero attached hydrogens (tertiary/aromatic N) is 3. The minimum Gasteiger partial charge on any atom is -0.259 e. The van der Waals surface area contributed by atoms with E-state index in [-0.39, 0.29) is 16.5 Å². The highest BCUT2D eigenvalue weighted by atomic mass is 16.6. The van der Waals surface area contributed by atoms with Crippen LogP contribution in [0.5, 0.6) is 0 Å². The number of rotatable bonds is 3. The molecule has 74 valence electrons. The van der Waals surface area contributed by atoms with Gasteiger partial charge in [-0.15, -0.1) is 0 Å². The van der Waals surface area contributed by atoms with E-state index in [0.717, 1.165) is 0 Å². The first kappa shape index (κ1) is 10.3. The highest BCUT2D eigenvalue weighted by Gasteiger charge is 2.15. The van der Waals surface area contributed by atoms with Crippen molar-refractivity contribution in [2.45, 2.75) is 13.8 Å². The molecule has 1 aromatic heterocycles. The van der Waals surface area contributed by atoms with E-state index < -0.39 is 0 Å². The van der Waals surface area contributed by atoms with Crippen LogP contribution in [-0.4, -0.2) is 14.9 Å². The molecule has 0 saturated heterocycles. The lowest BCUT2D eigenvalue weighted by Gasteiger charge is -2.00. The fourth-order valence-corrected chi connectivity index (χ4v) is 0.968. The Morgan fingerprint density at radius 2 is 2.36 bits per heavy atom. The van der Waals surface area contributed by atoms with E-state index in [9.17, 15) is 10.1 Å². The molecular weight excluding hydrogens is 182 g/mol. The summed E-state index contributed by atoms with van der Waals surface area (Å²) in [5, 5.41) is 10.6. The van der Waals surface area contributed by atoms with Crippen LogP contribution in [0.15, 0.2) is 24.3 Å². The summed E-state index contributed by atoms with van der Waals surface area (Å²) in [5.41, 5.74) is 0.712. The first-order valence-corrected chi connectivity index (χ1v) is 4.23. The van der Waals surface area contributed by atoms with Crippen molar-refractivity contribution < 1.29 is 4.92 Å². The Balaban J connectivity index is 3.00. The van der Waals surface area contributed by atoms with Crippen LogP contribution in [0.1, 0.15) is 19.5 Å². The Hall–Kier alpha value is -1.78. The highest BCUT2D eigenvalue weighted by Crippen LogP contribution is 2.13. The maximum atomic E-state index is 10.6. The van der Waals surface area contributed by atoms with Gasteiger partial charge in [0.1, 0.15) is 6.33 Å². The third-order valence-corrected chi connectivity index (χ3v) is 1.70. The van der Waals surface area contributed by atoms with Crippen LogP contribution in [-0.2, 0) is 0 Å². The van der Waals surface area contributed by atoms with Gasteiger partial charge >= 0.3 is 0 Å². The highest BCUT2D eigenvalue weighted by molar-refractivity contribution is 5.46. The molecule has 1 heterocycles. The number of allylic oxidation sites excluding steroid dienone is 1. The molecule has 1 rings (SSSR count). The molecule has 0 atom stereocenters. The largest absolute Gasteiger partial charge is 0.259 e. The second kappa shape index (κ2) is 4.45. The van der Waals surface area contributed by atoms with Gasteiger partial charge in [0.25, 0.3) is 5.70 Å². The average Bonchev–Trinajstić information content (AvgIpc) is 2.15. The van der Waals surface area contributed by atoms with Gasteiger partial charge in [0.15, 0.2) is 0 Å². The molecule has 0 fully saturated rings. The predicted octanol–water partition coefficient (Wildman–Crippen LogP) is 1.75. The summed E-state index contributed by atoms with van der Waals surface area (Å²) in [6.07, 6.45) is 4.38. The molecule has 5 heteroatoms. The van der Waals surface area contributed by atoms with Gasteiger partial charge in [-0.3, -0.25) is 10.1 Å². The Kier molecular flexibility index (Phi) is 3.28. The summed E-state index contributed by atoms with van der Waals surface area (Å²) in [5.74, 6) is -0.125. The molecule has 0 spiro atoms. The molecule has 0 unspecified atom stereocenters. The second-order valence-electron chi connectivity index (χ2n) is 3.12. The topological polar surface area (TPSA) is 68.9 Å². The Morgan fingerprint density at radius 3 is 2.79 bits per heavy atom. The number of hydrogen-bond acceptors (Lipinski definition) is 4. The minimum absolute atomic E-state index is 0.125. The van der Waals surface area contributed by atoms with Gasteiger partial charge in [-0.1, -0.05) is 13.8 Å². The zero-order valence-electron chi connectivity index (χ0n) is 8.04. The van der Waals surface area contributed by atoms with E-state index in [1.165, 1.54) is 12.4 Å². The molecule has 0 N–H and O–H groups in total. The van der Waals surface area contributed by atoms with Gasteiger partial charge in [-0.25, -0.2) is 9.97 Å². The Morgan fingerprint density at radius 1 is 1.64 bits per heavy atom. The minimum atomic E-state index is -0.382. The van der Waals surface area contributed by atoms with Gasteiger partial charge in [-0.05, 0) is 6.07 Å². The standard InChI is InChI=1S/C9H11N3O2/c1-7(2)9(12(13)14)5-8-3-4-10-6-11-8/h3-7H,1-2H3/b9-5-. The second-order valence-corrected chi connectivity index (χ2v) is 3.12. The monoisotopic (exact) mass is 193 g/mol. The molecule has 0 bridgehead atoms. The van der Waals surface area contributed by atoms with Crippen molar-refractivity contribution in [3.63, 3.8) is 0 Å². The smallest absolute Gasteiger partial charge is 0.250 e. The first-order valence-electron chi connectivity index (χ1n) is 4.23. The summed E-state index contributed by atoms with van der Waals surface area (Å²) in [4.78, 5) is 17.9. The molecule has 5 nitrogen and oxygen atoms in total. The van der Waals surface area contributed by atoms with Crippen molar-refractivity contribution in [2.75, 3.05) is 0 Å². The predicted molar refractivity (Wildman–Crippen MR) is 51.8 cm³/mol. The molecule has 0 aliphatic heterocycles. The van der Waals surface area contributed by atoms with E-state index in [1.54, 1.807) is 26.1 Å². The SMILES string of the molecule is CC(C)/C(=C/c1ccncn1)[N+](=O)[O-]. The third kappa shape index (κ3) is 2.62. The van der Waals surface area contributed by atoms with Crippen LogP contribution < -0.4 is 0 Å². The lowest BCUT2D eigenvalue weighted by molar-refractivity contribution is -0.431. The Labute approximate surface area is 81.7 Å². The zero-order valence-corrected chi connectivity index (χ0v) is 8.04. The molecule has 0 amide bonds. The van der Waals surface area contributed by atoms with Gasteiger partial charge in [-0.2, -0.15) is 0 Å². The first-order chi connectivity index (χ1) is 6.61. The molecule has 14 heavy (non-hydrogen) atoms. The van der Waals surface area contributed by atoms with Crippen LogP contribution in [0.3, 0.4) is 0 Å². The molecule has 0 radical (unpaired) electrons. The third-order valence-electron chi connectivity index (χ3n) is 1.70. The zero-order chi connectivity index (χ0) is 10.6. The maximum absolute atomic E-state index is 10.6. The van der Waals surface area contributed by atoms with E-state index >= 15 is 0 Å². The molecular formula is C9H11N3O2. The van der Waals surface area contributed by atoms with E-state index in [1.807, 2.05) is 0 Å². The average molecular weight is 193 g/mol. The van der Waals surface area contributed by atoms with Crippen LogP contribution in [0.25, 0.3) is 6.08 Å². The fourth-order valence-electron chi connectivity index (χ4n) is 0.968. The van der Waals surface area contributed by atoms with Gasteiger partial charge in [0.2, 0.25) is 0 Å². The number of aromatic nitrogens is 2. The van der Waals surface area contributed by atoms with Crippen LogP contribution in [0, 0.1) is 16.0 Å². The van der Waals surface area contributed by atoms with Crippen molar-refractivity contribution >= 4 is 6.08 Å². The summed E-state index contributed by atoms with van der Waals surface area (Å²) in [7, 11) is 0. The van der Waals surface area contributed by atoms with Gasteiger partial charge in [0.05, 0.1) is 10.6 Å². The fraction of sp³-hybridized carbons (Fsp3) is 0.333. The Bertz CT molecular complexity index is 346. The molecule has 1 aromatic rings. The van der Waals surface area contributed by atoms with Crippen molar-refractivity contribution in [2.24, 2.45) is 5.92 Å². The van der Waals surface area contributed by atoms with Gasteiger partial charge < -0.3 is 0 Å². The molecule has 0 aromatic carbocycles. The lowest BCUT2D eigenvalue weighted by Crippen LogP contribution is -2.05. The summed E-state index contributed by atoms with van der Waals surface area (Å²) in [6.45, 7) is 3.55. The van der Waals surface area contributed by atoms with Crippen LogP contribution >= 0.6 is 0 Å². The molecule has 0 saturated carbocycles. The van der Waals surface area contributed by atoms with Crippen molar-refractivity contribution in [3.05, 3.63) is 40.1 Å². The molecule has 0 aliphatic carbocycles. The quantitative estimate of drug-likeness (QED) is 0.541. The summed E-state index contributed by atoms with van der Waals surface area (Å²) >= 11 is 0. The van der Waals surface area contributed by atoms with E-state index in [2.05, 4.69) is 9.97 Å². The maximum Gasteiger partial charge on any atom is 0.250 e. The van der Waals surface area contributed by atoms with Gasteiger partial charge in [0, 0.05) is 18.2 Å². The van der Waals surface area contributed by atoms with E-state index in [4.69, 9.17) is 0 Å². The summed E-state index contributed by atoms with van der Waals surface area (Å²) in [6, 6.07) is 1.63. The van der Waals surface area contributed by atoms with Crippen LogP contribution in [0.2, 0.25) is 0 Å². The van der Waals surface area contributed by atoms with Crippen LogP contribution in [0.4, 0.5) is 0 Å². The van der Waals surface area contributed by atoms with Crippen molar-refractivity contribution in [1.82, 2.24) is 9.97 Å². The number of nitro groups is 1. The van der Waals surface area contributed by atoms with E-state index in [0.29, 0.717) is 5.69 Å². The molecule has 0 aliphatic rings. The van der Waals surface area contributed by atoms with Crippen molar-refractivity contribution in [1.29, 1.82) is 0 Å². The summed E-state index contributed by atoms with van der Waals surface area (Å²) < 4.78 is 0. The normalized spacial score (nSPS) is 11.8. The lowest BCUT2D eigenvalue weighted by atomic mass is 10.1. The van der Waals surface area contributed by atoms with Crippen molar-refractivity contribution in [3.8, 4) is 0 Å².